The van der Waals surface area contributed by atoms with E-state index < -0.39 is 0 Å². The van der Waals surface area contributed by atoms with Crippen LogP contribution in [0.5, 0.6) is 0 Å². The van der Waals surface area contributed by atoms with E-state index in [4.69, 9.17) is 0 Å². The van der Waals surface area contributed by atoms with Crippen molar-refractivity contribution in [2.24, 2.45) is 0 Å². The molecule has 2 N–H and O–H groups in total. The summed E-state index contributed by atoms with van der Waals surface area (Å²) in [6.45, 7) is 0.837. The van der Waals surface area contributed by atoms with Gasteiger partial charge < -0.3 is 10.6 Å². The standard InChI is InChI=1S/C6H8N2O/c9-5-8-6-2-1-3-7-4-6/h1-2,4-5,7H,3H2,(H,8,9). The molecule has 0 spiro atoms. The average molecular weight is 124 g/mol. The molecule has 9 heavy (non-hydrogen) atoms. The summed E-state index contributed by atoms with van der Waals surface area (Å²) in [5, 5.41) is 5.47. The van der Waals surface area contributed by atoms with Crippen LogP contribution in [0, 0.1) is 0 Å². The van der Waals surface area contributed by atoms with E-state index in [9.17, 15) is 4.79 Å². The molecule has 0 aromatic carbocycles. The van der Waals surface area contributed by atoms with E-state index >= 15 is 0 Å². The second kappa shape index (κ2) is 2.91. The highest BCUT2D eigenvalue weighted by Crippen LogP contribution is 1.91. The number of hydrogen-bond acceptors (Lipinski definition) is 2. The molecule has 3 heteroatoms. The molecule has 48 valence electrons. The normalized spacial score (nSPS) is 15.8. The lowest BCUT2D eigenvalue weighted by molar-refractivity contribution is -0.108. The van der Waals surface area contributed by atoms with Crippen LogP contribution in [0.25, 0.3) is 0 Å². The highest BCUT2D eigenvalue weighted by Gasteiger charge is 1.91. The zero-order chi connectivity index (χ0) is 6.53. The maximum atomic E-state index is 9.86. The van der Waals surface area contributed by atoms with Gasteiger partial charge in [-0.3, -0.25) is 4.79 Å². The Morgan fingerprint density at radius 1 is 1.78 bits per heavy atom. The molecule has 1 amide bonds. The molecule has 0 fully saturated rings. The zero-order valence-corrected chi connectivity index (χ0v) is 4.92. The van der Waals surface area contributed by atoms with E-state index in [0.717, 1.165) is 12.2 Å². The summed E-state index contributed by atoms with van der Waals surface area (Å²) in [7, 11) is 0. The monoisotopic (exact) mass is 124 g/mol. The van der Waals surface area contributed by atoms with E-state index in [1.54, 1.807) is 6.20 Å². The van der Waals surface area contributed by atoms with E-state index in [1.807, 2.05) is 12.2 Å². The van der Waals surface area contributed by atoms with Crippen molar-refractivity contribution in [2.75, 3.05) is 6.54 Å². The number of carbonyl (C=O) groups excluding carboxylic acids is 1. The van der Waals surface area contributed by atoms with Crippen molar-refractivity contribution < 1.29 is 4.79 Å². The van der Waals surface area contributed by atoms with Crippen LogP contribution in [0.2, 0.25) is 0 Å². The predicted octanol–water partition coefficient (Wildman–Crippen LogP) is -0.267. The lowest BCUT2D eigenvalue weighted by Gasteiger charge is -2.05. The van der Waals surface area contributed by atoms with Crippen LogP contribution in [0.1, 0.15) is 0 Å². The Morgan fingerprint density at radius 3 is 3.22 bits per heavy atom. The van der Waals surface area contributed by atoms with Crippen molar-refractivity contribution in [2.45, 2.75) is 0 Å². The summed E-state index contributed by atoms with van der Waals surface area (Å²) in [6.07, 6.45) is 6.20. The first kappa shape index (κ1) is 5.88. The zero-order valence-electron chi connectivity index (χ0n) is 4.92. The molecule has 0 bridgehead atoms. The van der Waals surface area contributed by atoms with Gasteiger partial charge in [0.1, 0.15) is 0 Å². The van der Waals surface area contributed by atoms with Gasteiger partial charge in [0.2, 0.25) is 6.41 Å². The third kappa shape index (κ3) is 1.60. The first-order chi connectivity index (χ1) is 4.43. The molecular formula is C6H8N2O. The number of allylic oxidation sites excluding steroid dienone is 1. The minimum absolute atomic E-state index is 0.656. The molecule has 0 radical (unpaired) electrons. The van der Waals surface area contributed by atoms with Gasteiger partial charge in [-0.1, -0.05) is 6.08 Å². The van der Waals surface area contributed by atoms with Crippen LogP contribution in [-0.4, -0.2) is 13.0 Å². The Morgan fingerprint density at radius 2 is 2.67 bits per heavy atom. The summed E-state index contributed by atoms with van der Waals surface area (Å²) < 4.78 is 0. The van der Waals surface area contributed by atoms with Gasteiger partial charge in [-0.25, -0.2) is 0 Å². The third-order valence-electron chi connectivity index (χ3n) is 1.02. The summed E-state index contributed by atoms with van der Waals surface area (Å²) in [4.78, 5) is 9.86. The number of dihydropyridines is 1. The minimum Gasteiger partial charge on any atom is -0.386 e. The Kier molecular flexibility index (Phi) is 1.90. The number of nitrogens with one attached hydrogen (secondary N) is 2. The van der Waals surface area contributed by atoms with Crippen LogP contribution < -0.4 is 10.6 Å². The number of carbonyl (C=O) groups is 1. The van der Waals surface area contributed by atoms with Gasteiger partial charge in [-0.2, -0.15) is 0 Å². The molecule has 1 aliphatic heterocycles. The van der Waals surface area contributed by atoms with Gasteiger partial charge in [0.05, 0.1) is 5.70 Å². The number of rotatable bonds is 2. The summed E-state index contributed by atoms with van der Waals surface area (Å²) >= 11 is 0. The van der Waals surface area contributed by atoms with Crippen molar-refractivity contribution in [3.63, 3.8) is 0 Å². The van der Waals surface area contributed by atoms with Crippen molar-refractivity contribution in [3.8, 4) is 0 Å². The largest absolute Gasteiger partial charge is 0.386 e. The quantitative estimate of drug-likeness (QED) is 0.498. The van der Waals surface area contributed by atoms with Gasteiger partial charge >= 0.3 is 0 Å². The molecule has 1 rings (SSSR count). The summed E-state index contributed by atoms with van der Waals surface area (Å²) in [5.74, 6) is 0. The SMILES string of the molecule is O=CNC1=CNCC=C1. The van der Waals surface area contributed by atoms with Gasteiger partial charge in [0, 0.05) is 12.7 Å². The van der Waals surface area contributed by atoms with Crippen LogP contribution in [0.4, 0.5) is 0 Å². The topological polar surface area (TPSA) is 41.1 Å². The minimum atomic E-state index is 0.656. The second-order valence-corrected chi connectivity index (χ2v) is 1.67. The predicted molar refractivity (Wildman–Crippen MR) is 34.4 cm³/mol. The maximum absolute atomic E-state index is 9.86. The fraction of sp³-hybridized carbons (Fsp3) is 0.167. The smallest absolute Gasteiger partial charge is 0.211 e. The summed E-state index contributed by atoms with van der Waals surface area (Å²) in [5.41, 5.74) is 0.802. The molecule has 3 nitrogen and oxygen atoms in total. The van der Waals surface area contributed by atoms with Gasteiger partial charge in [-0.05, 0) is 6.08 Å². The third-order valence-corrected chi connectivity index (χ3v) is 1.02. The maximum Gasteiger partial charge on any atom is 0.211 e. The first-order valence-electron chi connectivity index (χ1n) is 2.74. The highest BCUT2D eigenvalue weighted by molar-refractivity contribution is 5.52. The van der Waals surface area contributed by atoms with Crippen LogP contribution in [-0.2, 0) is 4.79 Å². The molecule has 0 aromatic rings. The Balaban J connectivity index is 2.47. The molecular weight excluding hydrogens is 116 g/mol. The molecule has 0 unspecified atom stereocenters. The molecule has 0 aromatic heterocycles. The molecule has 0 aliphatic carbocycles. The lowest BCUT2D eigenvalue weighted by atomic mass is 10.3. The fourth-order valence-corrected chi connectivity index (χ4v) is 0.629. The van der Waals surface area contributed by atoms with Crippen molar-refractivity contribution >= 4 is 6.41 Å². The molecule has 1 heterocycles. The van der Waals surface area contributed by atoms with Gasteiger partial charge in [0.15, 0.2) is 0 Å². The average Bonchev–Trinajstić information content (AvgIpc) is 1.91. The van der Waals surface area contributed by atoms with Crippen LogP contribution in [0.15, 0.2) is 24.0 Å². The number of hydrogen-bond donors (Lipinski definition) is 2. The van der Waals surface area contributed by atoms with Crippen LogP contribution >= 0.6 is 0 Å². The lowest BCUT2D eigenvalue weighted by Crippen LogP contribution is -2.17. The molecule has 0 saturated carbocycles. The Hall–Kier alpha value is -1.25. The van der Waals surface area contributed by atoms with Crippen molar-refractivity contribution in [3.05, 3.63) is 24.0 Å². The summed E-state index contributed by atoms with van der Waals surface area (Å²) in [6, 6.07) is 0. The van der Waals surface area contributed by atoms with E-state index in [-0.39, 0.29) is 0 Å². The van der Waals surface area contributed by atoms with Gasteiger partial charge in [-0.15, -0.1) is 0 Å². The Bertz CT molecular complexity index is 160. The van der Waals surface area contributed by atoms with E-state index in [1.165, 1.54) is 0 Å². The van der Waals surface area contributed by atoms with Crippen LogP contribution in [0.3, 0.4) is 0 Å². The molecule has 0 atom stereocenters. The first-order valence-corrected chi connectivity index (χ1v) is 2.74. The van der Waals surface area contributed by atoms with Gasteiger partial charge in [0.25, 0.3) is 0 Å². The van der Waals surface area contributed by atoms with E-state index in [0.29, 0.717) is 6.41 Å². The molecule has 1 aliphatic rings. The number of amides is 1. The van der Waals surface area contributed by atoms with E-state index in [2.05, 4.69) is 10.6 Å². The van der Waals surface area contributed by atoms with Crippen molar-refractivity contribution in [1.29, 1.82) is 0 Å². The Labute approximate surface area is 53.4 Å². The molecule has 0 saturated heterocycles. The fourth-order valence-electron chi connectivity index (χ4n) is 0.629. The highest BCUT2D eigenvalue weighted by atomic mass is 16.1. The second-order valence-electron chi connectivity index (χ2n) is 1.67. The van der Waals surface area contributed by atoms with Crippen molar-refractivity contribution in [1.82, 2.24) is 10.6 Å².